The van der Waals surface area contributed by atoms with Crippen LogP contribution < -0.4 is 9.47 Å². The molecule has 0 spiro atoms. The van der Waals surface area contributed by atoms with E-state index >= 15 is 0 Å². The smallest absolute Gasteiger partial charge is 0.147 e. The Hall–Kier alpha value is -0.900. The van der Waals surface area contributed by atoms with Crippen molar-refractivity contribution in [3.05, 3.63) is 27.9 Å². The van der Waals surface area contributed by atoms with Crippen LogP contribution in [0.15, 0.2) is 12.1 Å². The molecule has 0 bridgehead atoms. The number of benzene rings is 1. The lowest BCUT2D eigenvalue weighted by Gasteiger charge is -2.12. The van der Waals surface area contributed by atoms with Crippen LogP contribution >= 0.6 is 34.8 Å². The van der Waals surface area contributed by atoms with Gasteiger partial charge in [0.25, 0.3) is 0 Å². The van der Waals surface area contributed by atoms with Crippen molar-refractivity contribution in [2.24, 2.45) is 0 Å². The number of nitrogens with zero attached hydrogens (tertiary/aromatic N) is 1. The van der Waals surface area contributed by atoms with Gasteiger partial charge in [-0.15, -0.1) is 11.6 Å². The summed E-state index contributed by atoms with van der Waals surface area (Å²) in [5.74, 6) is 1.33. The summed E-state index contributed by atoms with van der Waals surface area (Å²) in [5.41, 5.74) is 1.31. The fourth-order valence-electron chi connectivity index (χ4n) is 1.73. The predicted molar refractivity (Wildman–Crippen MR) is 74.4 cm³/mol. The summed E-state index contributed by atoms with van der Waals surface area (Å²) in [6, 6.07) is 3.46. The van der Waals surface area contributed by atoms with E-state index in [4.69, 9.17) is 44.3 Å². The standard InChI is InChI=1S/C12H10Cl3NO2/c1-17-9-4-8(14)11(18-2)7-3-6(5-13)12(15)16-10(7)9/h3-4H,5H2,1-2H3. The quantitative estimate of drug-likeness (QED) is 0.626. The molecule has 0 unspecified atom stereocenters. The minimum atomic E-state index is 0.264. The molecule has 2 aromatic rings. The van der Waals surface area contributed by atoms with E-state index < -0.39 is 0 Å². The second kappa shape index (κ2) is 5.39. The minimum absolute atomic E-state index is 0.264. The maximum absolute atomic E-state index is 6.12. The average Bonchev–Trinajstić information content (AvgIpc) is 2.37. The van der Waals surface area contributed by atoms with Gasteiger partial charge in [0.1, 0.15) is 22.2 Å². The summed E-state index contributed by atoms with van der Waals surface area (Å²) >= 11 is 18.0. The number of hydrogen-bond donors (Lipinski definition) is 0. The van der Waals surface area contributed by atoms with Gasteiger partial charge in [-0.1, -0.05) is 23.2 Å². The van der Waals surface area contributed by atoms with Crippen molar-refractivity contribution in [1.82, 2.24) is 4.98 Å². The fourth-order valence-corrected chi connectivity index (χ4v) is 2.48. The Morgan fingerprint density at radius 1 is 1.17 bits per heavy atom. The van der Waals surface area contributed by atoms with E-state index in [1.807, 2.05) is 6.07 Å². The number of pyridine rings is 1. The first-order valence-corrected chi connectivity index (χ1v) is 6.37. The third kappa shape index (κ3) is 2.18. The van der Waals surface area contributed by atoms with Crippen molar-refractivity contribution in [3.63, 3.8) is 0 Å². The van der Waals surface area contributed by atoms with Crippen LogP contribution in [0.2, 0.25) is 10.2 Å². The predicted octanol–water partition coefficient (Wildman–Crippen LogP) is 4.30. The molecule has 96 valence electrons. The van der Waals surface area contributed by atoms with Crippen LogP contribution in [-0.2, 0) is 5.88 Å². The summed E-state index contributed by atoms with van der Waals surface area (Å²) in [4.78, 5) is 4.28. The van der Waals surface area contributed by atoms with Crippen molar-refractivity contribution in [2.45, 2.75) is 5.88 Å². The van der Waals surface area contributed by atoms with Crippen LogP contribution in [0.25, 0.3) is 10.9 Å². The number of aromatic nitrogens is 1. The van der Waals surface area contributed by atoms with Crippen molar-refractivity contribution in [1.29, 1.82) is 0 Å². The Bertz CT molecular complexity index is 602. The molecule has 0 amide bonds. The van der Waals surface area contributed by atoms with Gasteiger partial charge in [0, 0.05) is 17.0 Å². The van der Waals surface area contributed by atoms with Crippen LogP contribution in [0.1, 0.15) is 5.56 Å². The molecule has 1 heterocycles. The molecule has 0 aliphatic carbocycles. The number of halogens is 3. The topological polar surface area (TPSA) is 31.4 Å². The van der Waals surface area contributed by atoms with Crippen LogP contribution in [-0.4, -0.2) is 19.2 Å². The Morgan fingerprint density at radius 2 is 1.89 bits per heavy atom. The normalized spacial score (nSPS) is 10.7. The zero-order valence-electron chi connectivity index (χ0n) is 9.76. The monoisotopic (exact) mass is 305 g/mol. The second-order valence-corrected chi connectivity index (χ2v) is 4.59. The molecule has 0 N–H and O–H groups in total. The Morgan fingerprint density at radius 3 is 2.44 bits per heavy atom. The molecule has 0 aliphatic rings. The molecule has 0 aliphatic heterocycles. The number of ether oxygens (including phenoxy) is 2. The van der Waals surface area contributed by atoms with Gasteiger partial charge < -0.3 is 9.47 Å². The molecule has 2 rings (SSSR count). The van der Waals surface area contributed by atoms with Gasteiger partial charge in [-0.05, 0) is 6.07 Å². The maximum atomic E-state index is 6.12. The largest absolute Gasteiger partial charge is 0.494 e. The highest BCUT2D eigenvalue weighted by Gasteiger charge is 2.16. The summed E-state index contributed by atoms with van der Waals surface area (Å²) in [7, 11) is 3.09. The first-order chi connectivity index (χ1) is 8.62. The zero-order valence-corrected chi connectivity index (χ0v) is 12.0. The Labute approximate surface area is 120 Å². The molecule has 18 heavy (non-hydrogen) atoms. The fraction of sp³-hybridized carbons (Fsp3) is 0.250. The van der Waals surface area contributed by atoms with E-state index in [1.165, 1.54) is 0 Å². The molecule has 0 saturated heterocycles. The van der Waals surface area contributed by atoms with Gasteiger partial charge in [0.15, 0.2) is 0 Å². The molecule has 0 fully saturated rings. The molecular weight excluding hydrogens is 296 g/mol. The van der Waals surface area contributed by atoms with Crippen molar-refractivity contribution in [2.75, 3.05) is 14.2 Å². The lowest BCUT2D eigenvalue weighted by Crippen LogP contribution is -1.95. The van der Waals surface area contributed by atoms with Gasteiger partial charge in [-0.25, -0.2) is 4.98 Å². The number of hydrogen-bond acceptors (Lipinski definition) is 3. The second-order valence-electron chi connectivity index (χ2n) is 3.56. The highest BCUT2D eigenvalue weighted by molar-refractivity contribution is 6.34. The van der Waals surface area contributed by atoms with Crippen molar-refractivity contribution >= 4 is 45.7 Å². The number of alkyl halides is 1. The van der Waals surface area contributed by atoms with E-state index in [1.54, 1.807) is 20.3 Å². The molecule has 0 radical (unpaired) electrons. The first kappa shape index (κ1) is 13.5. The average molecular weight is 307 g/mol. The van der Waals surface area contributed by atoms with Crippen LogP contribution in [0.4, 0.5) is 0 Å². The SMILES string of the molecule is COc1c(Cl)cc(OC)c2nc(Cl)c(CCl)cc12. The van der Waals surface area contributed by atoms with Crippen LogP contribution in [0.3, 0.4) is 0 Å². The van der Waals surface area contributed by atoms with E-state index in [0.717, 1.165) is 5.39 Å². The summed E-state index contributed by atoms with van der Waals surface area (Å²) in [5, 5.41) is 1.52. The van der Waals surface area contributed by atoms with Gasteiger partial charge in [0.2, 0.25) is 0 Å². The van der Waals surface area contributed by atoms with Gasteiger partial charge in [0.05, 0.1) is 25.1 Å². The summed E-state index contributed by atoms with van der Waals surface area (Å²) in [6.07, 6.45) is 0. The Balaban J connectivity index is 2.89. The number of methoxy groups -OCH3 is 2. The summed E-state index contributed by atoms with van der Waals surface area (Å²) < 4.78 is 10.5. The van der Waals surface area contributed by atoms with Crippen molar-refractivity contribution < 1.29 is 9.47 Å². The number of rotatable bonds is 3. The minimum Gasteiger partial charge on any atom is -0.494 e. The number of fused-ring (bicyclic) bond motifs is 1. The lowest BCUT2D eigenvalue weighted by molar-refractivity contribution is 0.410. The molecule has 6 heteroatoms. The Kier molecular flexibility index (Phi) is 4.05. The van der Waals surface area contributed by atoms with E-state index in [2.05, 4.69) is 4.98 Å². The molecule has 1 aromatic heterocycles. The van der Waals surface area contributed by atoms with Gasteiger partial charge in [-0.2, -0.15) is 0 Å². The van der Waals surface area contributed by atoms with E-state index in [-0.39, 0.29) is 5.88 Å². The van der Waals surface area contributed by atoms with Crippen molar-refractivity contribution in [3.8, 4) is 11.5 Å². The summed E-state index contributed by atoms with van der Waals surface area (Å²) in [6.45, 7) is 0. The van der Waals surface area contributed by atoms with Crippen LogP contribution in [0.5, 0.6) is 11.5 Å². The maximum Gasteiger partial charge on any atom is 0.147 e. The van der Waals surface area contributed by atoms with Gasteiger partial charge >= 0.3 is 0 Å². The van der Waals surface area contributed by atoms with Gasteiger partial charge in [-0.3, -0.25) is 0 Å². The van der Waals surface area contributed by atoms with Crippen LogP contribution in [0, 0.1) is 0 Å². The molecule has 0 atom stereocenters. The molecule has 3 nitrogen and oxygen atoms in total. The first-order valence-electron chi connectivity index (χ1n) is 5.08. The van der Waals surface area contributed by atoms with E-state index in [0.29, 0.717) is 32.8 Å². The lowest BCUT2D eigenvalue weighted by atomic mass is 10.1. The molecule has 0 saturated carbocycles. The zero-order chi connectivity index (χ0) is 13.3. The highest BCUT2D eigenvalue weighted by atomic mass is 35.5. The third-order valence-electron chi connectivity index (χ3n) is 2.57. The highest BCUT2D eigenvalue weighted by Crippen LogP contribution is 2.40. The third-order valence-corrected chi connectivity index (χ3v) is 3.47. The van der Waals surface area contributed by atoms with E-state index in [9.17, 15) is 0 Å². The molecular formula is C12H10Cl3NO2. The molecule has 1 aromatic carbocycles.